The molecule has 0 aromatic rings. The Morgan fingerprint density at radius 3 is 2.27 bits per heavy atom. The minimum Gasteiger partial charge on any atom is -0.394 e. The van der Waals surface area contributed by atoms with E-state index in [-0.39, 0.29) is 41.2 Å². The Balaban J connectivity index is 0.00000441. The Bertz CT molecular complexity index is 283. The molecule has 0 spiro atoms. The van der Waals surface area contributed by atoms with E-state index < -0.39 is 0 Å². The van der Waals surface area contributed by atoms with Crippen molar-refractivity contribution < 1.29 is 41.0 Å². The van der Waals surface area contributed by atoms with E-state index in [1.807, 2.05) is 6.92 Å². The van der Waals surface area contributed by atoms with Gasteiger partial charge in [-0.25, -0.2) is 0 Å². The van der Waals surface area contributed by atoms with Gasteiger partial charge in [0.2, 0.25) is 5.91 Å². The standard InChI is InChI=1S/C15H29NO5.Ni/c1-12(18)13-2-4-14(5-3-13)16-15(19)6-8-20-10-11-21-9-7-17;/h12-14,17-18H,2-11H2,1H3,(H,16,19);. The predicted molar refractivity (Wildman–Crippen MR) is 78.9 cm³/mol. The van der Waals surface area contributed by atoms with Crippen LogP contribution in [0.2, 0.25) is 0 Å². The fourth-order valence-corrected chi connectivity index (χ4v) is 2.60. The average Bonchev–Trinajstić information content (AvgIpc) is 2.47. The monoisotopic (exact) mass is 361 g/mol. The molecular formula is C15H29NNiO5. The summed E-state index contributed by atoms with van der Waals surface area (Å²) in [5.74, 6) is 0.396. The molecule has 1 amide bonds. The number of aliphatic hydroxyl groups is 2. The number of ether oxygens (including phenoxy) is 2. The van der Waals surface area contributed by atoms with Crippen molar-refractivity contribution in [3.05, 3.63) is 0 Å². The largest absolute Gasteiger partial charge is 0.394 e. The predicted octanol–water partition coefficient (Wildman–Crippen LogP) is 0.455. The first-order valence-electron chi connectivity index (χ1n) is 7.87. The molecule has 1 atom stereocenters. The number of amides is 1. The average molecular weight is 362 g/mol. The van der Waals surface area contributed by atoms with Crippen LogP contribution >= 0.6 is 0 Å². The SMILES string of the molecule is CC(O)C1CCC(NC(=O)CCOCCOCCO)CC1.[Ni]. The third-order valence-corrected chi connectivity index (χ3v) is 3.90. The van der Waals surface area contributed by atoms with E-state index in [1.54, 1.807) is 0 Å². The van der Waals surface area contributed by atoms with E-state index in [2.05, 4.69) is 5.32 Å². The van der Waals surface area contributed by atoms with Gasteiger partial charge in [-0.3, -0.25) is 4.79 Å². The van der Waals surface area contributed by atoms with Gasteiger partial charge in [0, 0.05) is 29.0 Å². The summed E-state index contributed by atoms with van der Waals surface area (Å²) in [5, 5.41) is 21.1. The summed E-state index contributed by atoms with van der Waals surface area (Å²) < 4.78 is 10.3. The van der Waals surface area contributed by atoms with Crippen LogP contribution in [0.5, 0.6) is 0 Å². The number of aliphatic hydroxyl groups excluding tert-OH is 2. The Morgan fingerprint density at radius 1 is 1.14 bits per heavy atom. The maximum atomic E-state index is 11.8. The molecule has 1 rings (SSSR count). The van der Waals surface area contributed by atoms with Crippen LogP contribution in [0.15, 0.2) is 0 Å². The second-order valence-electron chi connectivity index (χ2n) is 5.62. The Kier molecular flexibility index (Phi) is 13.1. The minimum absolute atomic E-state index is 0. The van der Waals surface area contributed by atoms with E-state index in [0.717, 1.165) is 25.7 Å². The van der Waals surface area contributed by atoms with Crippen molar-refractivity contribution in [1.29, 1.82) is 0 Å². The van der Waals surface area contributed by atoms with E-state index >= 15 is 0 Å². The molecule has 0 radical (unpaired) electrons. The van der Waals surface area contributed by atoms with E-state index in [1.165, 1.54) is 0 Å². The van der Waals surface area contributed by atoms with Gasteiger partial charge in [-0.15, -0.1) is 0 Å². The molecule has 7 heteroatoms. The fraction of sp³-hybridized carbons (Fsp3) is 0.933. The fourth-order valence-electron chi connectivity index (χ4n) is 2.60. The van der Waals surface area contributed by atoms with Gasteiger partial charge in [-0.1, -0.05) is 0 Å². The van der Waals surface area contributed by atoms with Gasteiger partial charge in [0.25, 0.3) is 0 Å². The van der Waals surface area contributed by atoms with E-state index in [9.17, 15) is 9.90 Å². The van der Waals surface area contributed by atoms with E-state index in [0.29, 0.717) is 38.8 Å². The first-order valence-corrected chi connectivity index (χ1v) is 7.87. The molecule has 3 N–H and O–H groups in total. The summed E-state index contributed by atoms with van der Waals surface area (Å²) in [5.41, 5.74) is 0. The summed E-state index contributed by atoms with van der Waals surface area (Å²) in [6.45, 7) is 3.43. The maximum absolute atomic E-state index is 11.8. The third-order valence-electron chi connectivity index (χ3n) is 3.90. The Labute approximate surface area is 142 Å². The summed E-state index contributed by atoms with van der Waals surface area (Å²) >= 11 is 0. The summed E-state index contributed by atoms with van der Waals surface area (Å²) in [6, 6.07) is 0.236. The van der Waals surface area contributed by atoms with Gasteiger partial charge < -0.3 is 25.0 Å². The zero-order chi connectivity index (χ0) is 15.5. The summed E-state index contributed by atoms with van der Waals surface area (Å²) in [4.78, 5) is 11.8. The molecule has 0 aromatic carbocycles. The van der Waals surface area contributed by atoms with Crippen LogP contribution in [0.3, 0.4) is 0 Å². The molecule has 1 unspecified atom stereocenters. The number of nitrogens with one attached hydrogen (secondary N) is 1. The van der Waals surface area contributed by atoms with Crippen molar-refractivity contribution in [2.45, 2.75) is 51.2 Å². The van der Waals surface area contributed by atoms with Gasteiger partial charge in [0.1, 0.15) is 0 Å². The number of carbonyl (C=O) groups excluding carboxylic acids is 1. The molecule has 0 aliphatic heterocycles. The number of rotatable bonds is 10. The number of hydrogen-bond acceptors (Lipinski definition) is 5. The zero-order valence-corrected chi connectivity index (χ0v) is 14.2. The second kappa shape index (κ2) is 13.3. The number of carbonyl (C=O) groups is 1. The normalized spacial score (nSPS) is 22.7. The smallest absolute Gasteiger partial charge is 0.222 e. The molecule has 6 nitrogen and oxygen atoms in total. The van der Waals surface area contributed by atoms with Crippen molar-refractivity contribution in [3.8, 4) is 0 Å². The summed E-state index contributed by atoms with van der Waals surface area (Å²) in [6.07, 6.45) is 3.94. The first-order chi connectivity index (χ1) is 10.1. The molecule has 1 aliphatic carbocycles. The molecule has 0 saturated heterocycles. The molecule has 1 fully saturated rings. The number of hydrogen-bond donors (Lipinski definition) is 3. The molecule has 1 saturated carbocycles. The second-order valence-corrected chi connectivity index (χ2v) is 5.62. The topological polar surface area (TPSA) is 88.0 Å². The summed E-state index contributed by atoms with van der Waals surface area (Å²) in [7, 11) is 0. The molecular weight excluding hydrogens is 333 g/mol. The molecule has 0 bridgehead atoms. The minimum atomic E-state index is -0.247. The Hall–Kier alpha value is -0.196. The quantitative estimate of drug-likeness (QED) is 0.388. The van der Waals surface area contributed by atoms with Crippen LogP contribution in [0, 0.1) is 5.92 Å². The van der Waals surface area contributed by atoms with Crippen LogP contribution in [-0.2, 0) is 30.8 Å². The van der Waals surface area contributed by atoms with E-state index in [4.69, 9.17) is 14.6 Å². The van der Waals surface area contributed by atoms with Gasteiger partial charge in [-0.2, -0.15) is 0 Å². The van der Waals surface area contributed by atoms with Gasteiger partial charge in [0.15, 0.2) is 0 Å². The van der Waals surface area contributed by atoms with Crippen LogP contribution in [0.1, 0.15) is 39.0 Å². The maximum Gasteiger partial charge on any atom is 0.222 e. The molecule has 1 aliphatic rings. The first kappa shape index (κ1) is 21.8. The van der Waals surface area contributed by atoms with Crippen molar-refractivity contribution in [2.24, 2.45) is 5.92 Å². The third kappa shape index (κ3) is 9.75. The van der Waals surface area contributed by atoms with Gasteiger partial charge >= 0.3 is 0 Å². The molecule has 134 valence electrons. The zero-order valence-electron chi connectivity index (χ0n) is 13.2. The molecule has 22 heavy (non-hydrogen) atoms. The Morgan fingerprint density at radius 2 is 1.73 bits per heavy atom. The van der Waals surface area contributed by atoms with Crippen LogP contribution < -0.4 is 5.32 Å². The van der Waals surface area contributed by atoms with Crippen LogP contribution in [-0.4, -0.2) is 61.3 Å². The van der Waals surface area contributed by atoms with Crippen molar-refractivity contribution in [3.63, 3.8) is 0 Å². The van der Waals surface area contributed by atoms with Gasteiger partial charge in [-0.05, 0) is 38.5 Å². The van der Waals surface area contributed by atoms with Crippen LogP contribution in [0.25, 0.3) is 0 Å². The van der Waals surface area contributed by atoms with Crippen molar-refractivity contribution >= 4 is 5.91 Å². The van der Waals surface area contributed by atoms with Gasteiger partial charge in [0.05, 0.1) is 39.1 Å². The van der Waals surface area contributed by atoms with Crippen LogP contribution in [0.4, 0.5) is 0 Å². The molecule has 0 heterocycles. The van der Waals surface area contributed by atoms with Crippen molar-refractivity contribution in [1.82, 2.24) is 5.32 Å². The van der Waals surface area contributed by atoms with Crippen molar-refractivity contribution in [2.75, 3.05) is 33.0 Å². The molecule has 0 aromatic heterocycles.